The Balaban J connectivity index is 2.34. The number of Topliss-reactive ketones (excluding diaryl/α,β-unsaturated/α-hetero) is 1. The highest BCUT2D eigenvalue weighted by Gasteiger charge is 2.45. The number of aryl methyl sites for hydroxylation is 5. The molecule has 3 rings (SSSR count). The Morgan fingerprint density at radius 3 is 1.72 bits per heavy atom. The molecular formula is C31H35O4P. The van der Waals surface area contributed by atoms with E-state index in [1.165, 1.54) is 0 Å². The molecule has 3 aromatic rings. The van der Waals surface area contributed by atoms with Gasteiger partial charge < -0.3 is 4.57 Å². The van der Waals surface area contributed by atoms with Crippen LogP contribution in [0, 0.1) is 47.5 Å². The Labute approximate surface area is 214 Å². The molecule has 0 aliphatic carbocycles. The lowest BCUT2D eigenvalue weighted by Gasteiger charge is -2.23. The van der Waals surface area contributed by atoms with Crippen LogP contribution in [0.2, 0.25) is 0 Å². The number of ketones is 1. The van der Waals surface area contributed by atoms with Crippen LogP contribution in [0.15, 0.2) is 48.5 Å². The second-order valence-electron chi connectivity index (χ2n) is 9.89. The van der Waals surface area contributed by atoms with Crippen molar-refractivity contribution in [1.82, 2.24) is 0 Å². The summed E-state index contributed by atoms with van der Waals surface area (Å²) in [5.41, 5.74) is 3.86. The lowest BCUT2D eigenvalue weighted by atomic mass is 9.87. The summed E-state index contributed by atoms with van der Waals surface area (Å²) in [6.07, 6.45) is 0.668. The molecule has 0 aliphatic rings. The van der Waals surface area contributed by atoms with E-state index in [-0.39, 0.29) is 22.6 Å². The maximum atomic E-state index is 14.9. The molecule has 0 fully saturated rings. The molecule has 36 heavy (non-hydrogen) atoms. The van der Waals surface area contributed by atoms with Gasteiger partial charge in [0.1, 0.15) is 0 Å². The van der Waals surface area contributed by atoms with Crippen LogP contribution >= 0.6 is 7.14 Å². The molecule has 0 radical (unpaired) electrons. The summed E-state index contributed by atoms with van der Waals surface area (Å²) < 4.78 is 14.9. The average molecular weight is 503 g/mol. The first kappa shape index (κ1) is 27.5. The van der Waals surface area contributed by atoms with Crippen LogP contribution in [0.1, 0.15) is 84.7 Å². The van der Waals surface area contributed by atoms with E-state index in [4.69, 9.17) is 0 Å². The van der Waals surface area contributed by atoms with Crippen molar-refractivity contribution < 1.29 is 18.9 Å². The number of hydrogen-bond donors (Lipinski definition) is 0. The third-order valence-corrected chi connectivity index (χ3v) is 9.69. The molecule has 0 saturated carbocycles. The van der Waals surface area contributed by atoms with Gasteiger partial charge in [0.15, 0.2) is 5.78 Å². The number of carbonyl (C=O) groups excluding carboxylic acids is 3. The van der Waals surface area contributed by atoms with E-state index < -0.39 is 18.2 Å². The van der Waals surface area contributed by atoms with Crippen LogP contribution in [-0.4, -0.2) is 16.8 Å². The lowest BCUT2D eigenvalue weighted by Crippen LogP contribution is -2.24. The standard InChI is InChI=1S/C31H35O4P/c1-9-19(3)29(32)27-22(6)17-23(7)28(24(27)8)31(34)36(35,25-13-11-10-12-14-25)30(33)26-20(4)15-18(2)16-21(26)5/h10-17,19H,9H2,1-8H3. The van der Waals surface area contributed by atoms with Gasteiger partial charge in [0, 0.05) is 27.9 Å². The van der Waals surface area contributed by atoms with Crippen molar-refractivity contribution in [2.45, 2.75) is 61.8 Å². The minimum atomic E-state index is -4.31. The fraction of sp³-hybridized carbons (Fsp3) is 0.323. The third-order valence-electron chi connectivity index (χ3n) is 7.07. The van der Waals surface area contributed by atoms with Crippen LogP contribution in [0.3, 0.4) is 0 Å². The molecular weight excluding hydrogens is 467 g/mol. The van der Waals surface area contributed by atoms with E-state index in [1.54, 1.807) is 64.1 Å². The van der Waals surface area contributed by atoms with E-state index in [1.807, 2.05) is 39.8 Å². The zero-order valence-electron chi connectivity index (χ0n) is 22.5. The van der Waals surface area contributed by atoms with Gasteiger partial charge in [-0.25, -0.2) is 0 Å². The Bertz CT molecular complexity index is 1390. The topological polar surface area (TPSA) is 68.3 Å². The predicted octanol–water partition coefficient (Wildman–Crippen LogP) is 7.44. The summed E-state index contributed by atoms with van der Waals surface area (Å²) in [6.45, 7) is 14.7. The van der Waals surface area contributed by atoms with Gasteiger partial charge in [0.25, 0.3) is 0 Å². The van der Waals surface area contributed by atoms with Crippen LogP contribution in [0.5, 0.6) is 0 Å². The van der Waals surface area contributed by atoms with Crippen LogP contribution < -0.4 is 5.30 Å². The van der Waals surface area contributed by atoms with Crippen molar-refractivity contribution in [3.05, 3.63) is 98.6 Å². The highest BCUT2D eigenvalue weighted by atomic mass is 31.2. The quantitative estimate of drug-likeness (QED) is 0.237. The van der Waals surface area contributed by atoms with Gasteiger partial charge in [-0.05, 0) is 75.8 Å². The van der Waals surface area contributed by atoms with Crippen molar-refractivity contribution in [1.29, 1.82) is 0 Å². The van der Waals surface area contributed by atoms with E-state index in [2.05, 4.69) is 0 Å². The van der Waals surface area contributed by atoms with Crippen LogP contribution in [0.4, 0.5) is 0 Å². The fourth-order valence-electron chi connectivity index (χ4n) is 5.12. The summed E-state index contributed by atoms with van der Waals surface area (Å²) in [4.78, 5) is 41.7. The Hall–Kier alpha value is -3.10. The minimum Gasteiger partial charge on any atom is -0.302 e. The summed E-state index contributed by atoms with van der Waals surface area (Å²) in [5.74, 6) is -0.263. The molecule has 0 bridgehead atoms. The number of rotatable bonds is 8. The number of carbonyl (C=O) groups is 3. The molecule has 0 N–H and O–H groups in total. The fourth-order valence-corrected chi connectivity index (χ4v) is 7.69. The highest BCUT2D eigenvalue weighted by Crippen LogP contribution is 2.53. The summed E-state index contributed by atoms with van der Waals surface area (Å²) >= 11 is 0. The molecule has 0 aromatic heterocycles. The van der Waals surface area contributed by atoms with Crippen LogP contribution in [0.25, 0.3) is 0 Å². The molecule has 3 aromatic carbocycles. The number of benzene rings is 3. The Morgan fingerprint density at radius 1 is 0.722 bits per heavy atom. The Morgan fingerprint density at radius 2 is 1.19 bits per heavy atom. The van der Waals surface area contributed by atoms with Gasteiger partial charge in [-0.1, -0.05) is 67.9 Å². The normalized spacial score (nSPS) is 13.7. The predicted molar refractivity (Wildman–Crippen MR) is 147 cm³/mol. The second-order valence-corrected chi connectivity index (χ2v) is 12.4. The van der Waals surface area contributed by atoms with E-state index >= 15 is 0 Å². The largest absolute Gasteiger partial charge is 0.302 e. The van der Waals surface area contributed by atoms with Crippen LogP contribution in [-0.2, 0) is 4.57 Å². The van der Waals surface area contributed by atoms with Crippen molar-refractivity contribution >= 4 is 29.3 Å². The molecule has 5 heteroatoms. The average Bonchev–Trinajstić information content (AvgIpc) is 2.82. The minimum absolute atomic E-state index is 0.0485. The van der Waals surface area contributed by atoms with Gasteiger partial charge in [-0.15, -0.1) is 0 Å². The molecule has 0 amide bonds. The first-order valence-corrected chi connectivity index (χ1v) is 14.0. The summed E-state index contributed by atoms with van der Waals surface area (Å²) in [7, 11) is -4.31. The van der Waals surface area contributed by atoms with Crippen molar-refractivity contribution in [3.63, 3.8) is 0 Å². The van der Waals surface area contributed by atoms with E-state index in [9.17, 15) is 18.9 Å². The van der Waals surface area contributed by atoms with Crippen molar-refractivity contribution in [2.75, 3.05) is 0 Å². The van der Waals surface area contributed by atoms with E-state index in [0.717, 1.165) is 11.1 Å². The molecule has 2 unspecified atom stereocenters. The van der Waals surface area contributed by atoms with Gasteiger partial charge in [0.05, 0.1) is 0 Å². The monoisotopic (exact) mass is 502 g/mol. The van der Waals surface area contributed by atoms with E-state index in [0.29, 0.717) is 39.8 Å². The second kappa shape index (κ2) is 10.5. The molecule has 0 aliphatic heterocycles. The first-order valence-electron chi connectivity index (χ1n) is 12.3. The van der Waals surface area contributed by atoms with Gasteiger partial charge >= 0.3 is 0 Å². The summed E-state index contributed by atoms with van der Waals surface area (Å²) in [6, 6.07) is 13.8. The zero-order chi connectivity index (χ0) is 26.9. The number of hydrogen-bond acceptors (Lipinski definition) is 4. The molecule has 0 heterocycles. The SMILES string of the molecule is CCC(C)C(=O)c1c(C)cc(C)c(C(=O)P(=O)(C(=O)c2c(C)cc(C)cc2C)c2ccccc2)c1C. The first-order chi connectivity index (χ1) is 16.9. The smallest absolute Gasteiger partial charge is 0.248 e. The summed E-state index contributed by atoms with van der Waals surface area (Å²) in [5, 5.41) is 0.202. The molecule has 2 atom stereocenters. The molecule has 0 spiro atoms. The molecule has 4 nitrogen and oxygen atoms in total. The third kappa shape index (κ3) is 4.67. The Kier molecular flexibility index (Phi) is 8.00. The van der Waals surface area contributed by atoms with Gasteiger partial charge in [0.2, 0.25) is 18.2 Å². The molecule has 188 valence electrons. The highest BCUT2D eigenvalue weighted by molar-refractivity contribution is 8.01. The van der Waals surface area contributed by atoms with Crippen molar-refractivity contribution in [2.24, 2.45) is 5.92 Å². The van der Waals surface area contributed by atoms with Crippen molar-refractivity contribution in [3.8, 4) is 0 Å². The maximum absolute atomic E-state index is 14.9. The van der Waals surface area contributed by atoms with Gasteiger partial charge in [-0.2, -0.15) is 0 Å². The lowest BCUT2D eigenvalue weighted by molar-refractivity contribution is 0.0925. The van der Waals surface area contributed by atoms with Gasteiger partial charge in [-0.3, -0.25) is 14.4 Å². The zero-order valence-corrected chi connectivity index (χ0v) is 23.4. The molecule has 0 saturated heterocycles. The maximum Gasteiger partial charge on any atom is 0.248 e.